The van der Waals surface area contributed by atoms with Crippen molar-refractivity contribution < 1.29 is 23.5 Å². The molecule has 0 saturated heterocycles. The van der Waals surface area contributed by atoms with E-state index in [9.17, 15) is 9.59 Å². The Labute approximate surface area is 180 Å². The molecule has 31 heavy (non-hydrogen) atoms. The lowest BCUT2D eigenvalue weighted by Crippen LogP contribution is -2.24. The van der Waals surface area contributed by atoms with Crippen molar-refractivity contribution in [3.05, 3.63) is 83.8 Å². The normalized spacial score (nSPS) is 11.8. The van der Waals surface area contributed by atoms with E-state index in [1.807, 2.05) is 24.3 Å². The van der Waals surface area contributed by atoms with Crippen LogP contribution in [-0.4, -0.2) is 24.7 Å². The van der Waals surface area contributed by atoms with Gasteiger partial charge < -0.3 is 13.9 Å². The highest BCUT2D eigenvalue weighted by molar-refractivity contribution is 5.88. The van der Waals surface area contributed by atoms with Gasteiger partial charge in [-0.3, -0.25) is 4.79 Å². The van der Waals surface area contributed by atoms with Crippen molar-refractivity contribution in [1.29, 1.82) is 0 Å². The minimum absolute atomic E-state index is 0.127. The summed E-state index contributed by atoms with van der Waals surface area (Å²) in [4.78, 5) is 23.7. The van der Waals surface area contributed by atoms with E-state index >= 15 is 0 Å². The third-order valence-electron chi connectivity index (χ3n) is 4.65. The van der Waals surface area contributed by atoms with Crippen LogP contribution in [0.15, 0.2) is 76.4 Å². The molecule has 0 bridgehead atoms. The second kappa shape index (κ2) is 10.8. The Kier molecular flexibility index (Phi) is 7.59. The van der Waals surface area contributed by atoms with E-state index in [0.717, 1.165) is 12.0 Å². The van der Waals surface area contributed by atoms with Crippen LogP contribution in [0, 0.1) is 0 Å². The van der Waals surface area contributed by atoms with E-state index in [2.05, 4.69) is 24.4 Å². The highest BCUT2D eigenvalue weighted by Gasteiger charge is 2.11. The molecule has 1 atom stereocenters. The van der Waals surface area contributed by atoms with Gasteiger partial charge in [0.2, 0.25) is 5.76 Å². The van der Waals surface area contributed by atoms with Gasteiger partial charge in [-0.25, -0.2) is 10.2 Å². The van der Waals surface area contributed by atoms with Crippen LogP contribution in [-0.2, 0) is 4.79 Å². The predicted octanol–water partition coefficient (Wildman–Crippen LogP) is 4.54. The van der Waals surface area contributed by atoms with Crippen molar-refractivity contribution in [2.75, 3.05) is 6.61 Å². The first-order chi connectivity index (χ1) is 15.0. The van der Waals surface area contributed by atoms with Crippen LogP contribution in [0.3, 0.4) is 0 Å². The summed E-state index contributed by atoms with van der Waals surface area (Å²) in [7, 11) is 0. The summed E-state index contributed by atoms with van der Waals surface area (Å²) in [5.41, 5.74) is 4.38. The van der Waals surface area contributed by atoms with E-state index in [4.69, 9.17) is 13.9 Å². The molecule has 0 radical (unpaired) electrons. The SMILES string of the molecule is CC[C@@H](C)c1ccc(OCC(=O)N/N=C/c2ccc(OC(=O)c3ccco3)cc2)cc1. The molecule has 7 nitrogen and oxygen atoms in total. The van der Waals surface area contributed by atoms with Crippen LogP contribution in [0.5, 0.6) is 11.5 Å². The quantitative estimate of drug-likeness (QED) is 0.238. The number of nitrogens with one attached hydrogen (secondary N) is 1. The molecule has 3 aromatic rings. The average molecular weight is 420 g/mol. The number of amides is 1. The number of benzene rings is 2. The highest BCUT2D eigenvalue weighted by atomic mass is 16.5. The van der Waals surface area contributed by atoms with Crippen molar-refractivity contribution >= 4 is 18.1 Å². The van der Waals surface area contributed by atoms with Crippen molar-refractivity contribution in [2.24, 2.45) is 5.10 Å². The Hall–Kier alpha value is -3.87. The van der Waals surface area contributed by atoms with E-state index in [1.165, 1.54) is 24.1 Å². The zero-order valence-corrected chi connectivity index (χ0v) is 17.4. The lowest BCUT2D eigenvalue weighted by atomic mass is 9.99. The van der Waals surface area contributed by atoms with Crippen LogP contribution >= 0.6 is 0 Å². The summed E-state index contributed by atoms with van der Waals surface area (Å²) in [5.74, 6) is 0.673. The third kappa shape index (κ3) is 6.57. The standard InChI is InChI=1S/C24H24N2O5/c1-3-17(2)19-8-12-20(13-9-19)30-16-23(27)26-25-15-18-6-10-21(11-7-18)31-24(28)22-5-4-14-29-22/h4-15,17H,3,16H2,1-2H3,(H,26,27)/b25-15+/t17-/m1/s1. The molecule has 1 N–H and O–H groups in total. The summed E-state index contributed by atoms with van der Waals surface area (Å²) in [6.45, 7) is 4.18. The van der Waals surface area contributed by atoms with Gasteiger partial charge >= 0.3 is 5.97 Å². The molecule has 0 aliphatic carbocycles. The molecule has 1 heterocycles. The van der Waals surface area contributed by atoms with E-state index in [-0.39, 0.29) is 18.3 Å². The van der Waals surface area contributed by atoms with E-state index in [0.29, 0.717) is 17.4 Å². The fourth-order valence-corrected chi connectivity index (χ4v) is 2.66. The fourth-order valence-electron chi connectivity index (χ4n) is 2.66. The number of furan rings is 1. The topological polar surface area (TPSA) is 90.1 Å². The average Bonchev–Trinajstić information content (AvgIpc) is 3.34. The first-order valence-electron chi connectivity index (χ1n) is 9.95. The third-order valence-corrected chi connectivity index (χ3v) is 4.65. The number of hydrogen-bond acceptors (Lipinski definition) is 6. The molecule has 2 aromatic carbocycles. The minimum Gasteiger partial charge on any atom is -0.484 e. The van der Waals surface area contributed by atoms with Crippen molar-refractivity contribution in [2.45, 2.75) is 26.2 Å². The Morgan fingerprint density at radius 3 is 2.42 bits per heavy atom. The van der Waals surface area contributed by atoms with Gasteiger partial charge in [-0.05, 0) is 72.0 Å². The molecule has 3 rings (SSSR count). The molecular formula is C24H24N2O5. The van der Waals surface area contributed by atoms with Crippen LogP contribution < -0.4 is 14.9 Å². The van der Waals surface area contributed by atoms with Crippen molar-refractivity contribution in [1.82, 2.24) is 5.43 Å². The lowest BCUT2D eigenvalue weighted by Gasteiger charge is -2.10. The van der Waals surface area contributed by atoms with Crippen LogP contribution in [0.2, 0.25) is 0 Å². The highest BCUT2D eigenvalue weighted by Crippen LogP contribution is 2.21. The maximum atomic E-state index is 11.9. The fraction of sp³-hybridized carbons (Fsp3) is 0.208. The second-order valence-electron chi connectivity index (χ2n) is 6.90. The number of carbonyl (C=O) groups excluding carboxylic acids is 2. The van der Waals surface area contributed by atoms with Crippen LogP contribution in [0.1, 0.15) is 47.9 Å². The Morgan fingerprint density at radius 2 is 1.77 bits per heavy atom. The minimum atomic E-state index is -0.576. The van der Waals surface area contributed by atoms with Gasteiger partial charge in [0, 0.05) is 0 Å². The summed E-state index contributed by atoms with van der Waals surface area (Å²) in [6.07, 6.45) is 3.95. The van der Waals surface area contributed by atoms with Gasteiger partial charge in [-0.15, -0.1) is 0 Å². The lowest BCUT2D eigenvalue weighted by molar-refractivity contribution is -0.123. The van der Waals surface area contributed by atoms with Crippen LogP contribution in [0.25, 0.3) is 0 Å². The zero-order valence-electron chi connectivity index (χ0n) is 17.4. The van der Waals surface area contributed by atoms with Gasteiger partial charge in [0.05, 0.1) is 12.5 Å². The number of hydrazone groups is 1. The number of carbonyl (C=O) groups is 2. The largest absolute Gasteiger partial charge is 0.484 e. The van der Waals surface area contributed by atoms with Gasteiger partial charge in [-0.2, -0.15) is 5.10 Å². The number of hydrogen-bond donors (Lipinski definition) is 1. The Morgan fingerprint density at radius 1 is 1.06 bits per heavy atom. The maximum Gasteiger partial charge on any atom is 0.379 e. The molecule has 0 aliphatic rings. The predicted molar refractivity (Wildman–Crippen MR) is 116 cm³/mol. The smallest absolute Gasteiger partial charge is 0.379 e. The first-order valence-corrected chi connectivity index (χ1v) is 9.95. The second-order valence-corrected chi connectivity index (χ2v) is 6.90. The molecule has 7 heteroatoms. The van der Waals surface area contributed by atoms with Crippen LogP contribution in [0.4, 0.5) is 0 Å². The Balaban J connectivity index is 1.42. The number of rotatable bonds is 9. The molecule has 0 fully saturated rings. The molecule has 0 saturated carbocycles. The summed E-state index contributed by atoms with van der Waals surface area (Å²) >= 11 is 0. The van der Waals surface area contributed by atoms with Gasteiger partial charge in [-0.1, -0.05) is 26.0 Å². The van der Waals surface area contributed by atoms with Crippen molar-refractivity contribution in [3.63, 3.8) is 0 Å². The molecular weight excluding hydrogens is 396 g/mol. The summed E-state index contributed by atoms with van der Waals surface area (Å²) in [5, 5.41) is 3.91. The molecule has 0 unspecified atom stereocenters. The van der Waals surface area contributed by atoms with Crippen molar-refractivity contribution in [3.8, 4) is 11.5 Å². The molecule has 0 spiro atoms. The van der Waals surface area contributed by atoms with Gasteiger partial charge in [0.25, 0.3) is 5.91 Å². The molecule has 1 aromatic heterocycles. The molecule has 1 amide bonds. The zero-order chi connectivity index (χ0) is 22.1. The maximum absolute atomic E-state index is 11.9. The monoisotopic (exact) mass is 420 g/mol. The van der Waals surface area contributed by atoms with E-state index in [1.54, 1.807) is 30.3 Å². The summed E-state index contributed by atoms with van der Waals surface area (Å²) in [6, 6.07) is 17.5. The first kappa shape index (κ1) is 21.8. The van der Waals surface area contributed by atoms with Gasteiger partial charge in [0.1, 0.15) is 11.5 Å². The number of ether oxygens (including phenoxy) is 2. The number of esters is 1. The number of nitrogens with zero attached hydrogens (tertiary/aromatic N) is 1. The van der Waals surface area contributed by atoms with E-state index < -0.39 is 5.97 Å². The molecule has 0 aliphatic heterocycles. The Bertz CT molecular complexity index is 1010. The van der Waals surface area contributed by atoms with Gasteiger partial charge in [0.15, 0.2) is 6.61 Å². The molecule has 160 valence electrons. The summed E-state index contributed by atoms with van der Waals surface area (Å²) < 4.78 is 15.7.